The van der Waals surface area contributed by atoms with Crippen LogP contribution in [0.15, 0.2) is 0 Å². The van der Waals surface area contributed by atoms with Gasteiger partial charge in [0.1, 0.15) is 6.10 Å². The van der Waals surface area contributed by atoms with Crippen molar-refractivity contribution >= 4 is 0 Å². The SMILES string of the molecule is CCCCCCCCN[C@@H]1C[C@H](C)[C@H](O)[C@H](O)[C@H]1O. The number of nitrogens with one attached hydrogen (secondary N) is 1. The molecule has 0 aliphatic heterocycles. The summed E-state index contributed by atoms with van der Waals surface area (Å²) in [4.78, 5) is 0. The molecule has 1 saturated carbocycles. The van der Waals surface area contributed by atoms with Crippen LogP contribution in [0.4, 0.5) is 0 Å². The first-order valence-corrected chi connectivity index (χ1v) is 7.85. The summed E-state index contributed by atoms with van der Waals surface area (Å²) >= 11 is 0. The predicted molar refractivity (Wildman–Crippen MR) is 77.0 cm³/mol. The molecule has 0 bridgehead atoms. The number of aliphatic hydroxyl groups is 3. The minimum atomic E-state index is -1.02. The van der Waals surface area contributed by atoms with Gasteiger partial charge in [0.05, 0.1) is 12.2 Å². The van der Waals surface area contributed by atoms with E-state index in [-0.39, 0.29) is 12.0 Å². The summed E-state index contributed by atoms with van der Waals surface area (Å²) in [6.07, 6.45) is 5.54. The predicted octanol–water partition coefficient (Wildman–Crippen LogP) is 1.43. The summed E-state index contributed by atoms with van der Waals surface area (Å²) in [7, 11) is 0. The zero-order valence-corrected chi connectivity index (χ0v) is 12.4. The molecule has 0 saturated heterocycles. The fourth-order valence-corrected chi connectivity index (χ4v) is 2.85. The Bertz CT molecular complexity index is 237. The van der Waals surface area contributed by atoms with Crippen molar-refractivity contribution in [1.29, 1.82) is 0 Å². The second-order valence-corrected chi connectivity index (χ2v) is 6.01. The summed E-state index contributed by atoms with van der Waals surface area (Å²) in [5, 5.41) is 32.7. The van der Waals surface area contributed by atoms with Crippen molar-refractivity contribution in [3.8, 4) is 0 Å². The molecule has 0 aromatic carbocycles. The Morgan fingerprint density at radius 2 is 1.53 bits per heavy atom. The van der Waals surface area contributed by atoms with Gasteiger partial charge in [-0.25, -0.2) is 0 Å². The molecular formula is C15H31NO3. The van der Waals surface area contributed by atoms with Crippen LogP contribution < -0.4 is 5.32 Å². The standard InChI is InChI=1S/C15H31NO3/c1-3-4-5-6-7-8-9-16-12-10-11(2)13(17)15(19)14(12)18/h11-19H,3-10H2,1-2H3/t11-,12+,13-,14-,15-/m0/s1. The van der Waals surface area contributed by atoms with E-state index >= 15 is 0 Å². The Morgan fingerprint density at radius 3 is 2.21 bits per heavy atom. The van der Waals surface area contributed by atoms with E-state index in [1.54, 1.807) is 0 Å². The minimum absolute atomic E-state index is 0.0282. The Kier molecular flexibility index (Phi) is 7.91. The maximum atomic E-state index is 9.93. The molecule has 0 aromatic rings. The second kappa shape index (κ2) is 8.90. The van der Waals surface area contributed by atoms with Crippen LogP contribution in [-0.4, -0.2) is 46.2 Å². The first-order valence-electron chi connectivity index (χ1n) is 7.85. The van der Waals surface area contributed by atoms with Crippen molar-refractivity contribution < 1.29 is 15.3 Å². The fourth-order valence-electron chi connectivity index (χ4n) is 2.85. The molecule has 0 spiro atoms. The van der Waals surface area contributed by atoms with Gasteiger partial charge in [0.15, 0.2) is 0 Å². The van der Waals surface area contributed by atoms with E-state index < -0.39 is 18.3 Å². The minimum Gasteiger partial charge on any atom is -0.390 e. The number of unbranched alkanes of at least 4 members (excludes halogenated alkanes) is 5. The molecule has 4 N–H and O–H groups in total. The Hall–Kier alpha value is -0.160. The van der Waals surface area contributed by atoms with E-state index in [1.165, 1.54) is 32.1 Å². The topological polar surface area (TPSA) is 72.7 Å². The Balaban J connectivity index is 2.15. The zero-order chi connectivity index (χ0) is 14.3. The number of rotatable bonds is 8. The van der Waals surface area contributed by atoms with Crippen LogP contribution in [0.25, 0.3) is 0 Å². The highest BCUT2D eigenvalue weighted by Gasteiger charge is 2.40. The fraction of sp³-hybridized carbons (Fsp3) is 1.00. The molecule has 1 rings (SSSR count). The van der Waals surface area contributed by atoms with Crippen LogP contribution in [0, 0.1) is 5.92 Å². The largest absolute Gasteiger partial charge is 0.390 e. The van der Waals surface area contributed by atoms with Crippen LogP contribution >= 0.6 is 0 Å². The maximum absolute atomic E-state index is 9.93. The number of hydrogen-bond donors (Lipinski definition) is 4. The average molecular weight is 273 g/mol. The lowest BCUT2D eigenvalue weighted by atomic mass is 9.80. The number of hydrogen-bond acceptors (Lipinski definition) is 4. The third kappa shape index (κ3) is 5.38. The van der Waals surface area contributed by atoms with Gasteiger partial charge in [-0.05, 0) is 25.3 Å². The van der Waals surface area contributed by atoms with Crippen LogP contribution in [0.5, 0.6) is 0 Å². The maximum Gasteiger partial charge on any atom is 0.107 e. The molecule has 0 radical (unpaired) electrons. The van der Waals surface area contributed by atoms with Gasteiger partial charge in [-0.2, -0.15) is 0 Å². The van der Waals surface area contributed by atoms with Crippen molar-refractivity contribution in [3.05, 3.63) is 0 Å². The van der Waals surface area contributed by atoms with Gasteiger partial charge in [-0.1, -0.05) is 46.0 Å². The summed E-state index contributed by atoms with van der Waals surface area (Å²) in [5.74, 6) is 0.0282. The summed E-state index contributed by atoms with van der Waals surface area (Å²) in [5.41, 5.74) is 0. The lowest BCUT2D eigenvalue weighted by molar-refractivity contribution is -0.119. The molecule has 4 nitrogen and oxygen atoms in total. The summed E-state index contributed by atoms with van der Waals surface area (Å²) in [6.45, 7) is 5.01. The van der Waals surface area contributed by atoms with Crippen molar-refractivity contribution in [3.63, 3.8) is 0 Å². The lowest BCUT2D eigenvalue weighted by Crippen LogP contribution is -2.57. The van der Waals surface area contributed by atoms with Crippen molar-refractivity contribution in [1.82, 2.24) is 5.32 Å². The lowest BCUT2D eigenvalue weighted by Gasteiger charge is -2.39. The molecule has 4 heteroatoms. The van der Waals surface area contributed by atoms with E-state index in [1.807, 2.05) is 6.92 Å². The zero-order valence-electron chi connectivity index (χ0n) is 12.4. The van der Waals surface area contributed by atoms with Gasteiger partial charge in [-0.3, -0.25) is 0 Å². The molecule has 1 fully saturated rings. The highest BCUT2D eigenvalue weighted by molar-refractivity contribution is 4.94. The Morgan fingerprint density at radius 1 is 0.895 bits per heavy atom. The monoisotopic (exact) mass is 273 g/mol. The van der Waals surface area contributed by atoms with E-state index in [2.05, 4.69) is 12.2 Å². The van der Waals surface area contributed by atoms with E-state index in [0.29, 0.717) is 0 Å². The third-order valence-corrected chi connectivity index (χ3v) is 4.26. The molecule has 1 aliphatic rings. The number of aliphatic hydroxyl groups excluding tert-OH is 3. The van der Waals surface area contributed by atoms with E-state index in [0.717, 1.165) is 19.4 Å². The van der Waals surface area contributed by atoms with Gasteiger partial charge in [0.25, 0.3) is 0 Å². The van der Waals surface area contributed by atoms with Gasteiger partial charge >= 0.3 is 0 Å². The van der Waals surface area contributed by atoms with Gasteiger partial charge < -0.3 is 20.6 Å². The van der Waals surface area contributed by atoms with Crippen molar-refractivity contribution in [2.75, 3.05) is 6.54 Å². The van der Waals surface area contributed by atoms with Gasteiger partial charge in [-0.15, -0.1) is 0 Å². The molecule has 0 aromatic heterocycles. The third-order valence-electron chi connectivity index (χ3n) is 4.26. The second-order valence-electron chi connectivity index (χ2n) is 6.01. The van der Waals surface area contributed by atoms with E-state index in [9.17, 15) is 15.3 Å². The van der Waals surface area contributed by atoms with Gasteiger partial charge in [0, 0.05) is 6.04 Å². The molecule has 0 unspecified atom stereocenters. The molecule has 114 valence electrons. The van der Waals surface area contributed by atoms with E-state index in [4.69, 9.17) is 0 Å². The average Bonchev–Trinajstić information content (AvgIpc) is 2.41. The van der Waals surface area contributed by atoms with Gasteiger partial charge in [0.2, 0.25) is 0 Å². The highest BCUT2D eigenvalue weighted by Crippen LogP contribution is 2.25. The smallest absolute Gasteiger partial charge is 0.107 e. The van der Waals surface area contributed by atoms with Crippen LogP contribution in [-0.2, 0) is 0 Å². The first kappa shape index (κ1) is 16.9. The first-order chi connectivity index (χ1) is 9.07. The van der Waals surface area contributed by atoms with Crippen LogP contribution in [0.2, 0.25) is 0 Å². The normalized spacial score (nSPS) is 35.5. The molecule has 0 heterocycles. The molecule has 5 atom stereocenters. The molecular weight excluding hydrogens is 242 g/mol. The summed E-state index contributed by atoms with van der Waals surface area (Å²) < 4.78 is 0. The highest BCUT2D eigenvalue weighted by atomic mass is 16.4. The van der Waals surface area contributed by atoms with Crippen molar-refractivity contribution in [2.45, 2.75) is 83.1 Å². The molecule has 1 aliphatic carbocycles. The summed E-state index contributed by atoms with van der Waals surface area (Å²) in [6, 6.07) is -0.0935. The Labute approximate surface area is 117 Å². The van der Waals surface area contributed by atoms with Crippen LogP contribution in [0.1, 0.15) is 58.8 Å². The van der Waals surface area contributed by atoms with Crippen molar-refractivity contribution in [2.24, 2.45) is 5.92 Å². The quantitative estimate of drug-likeness (QED) is 0.505. The molecule has 19 heavy (non-hydrogen) atoms. The van der Waals surface area contributed by atoms with Crippen LogP contribution in [0.3, 0.4) is 0 Å². The molecule has 0 amide bonds.